The average Bonchev–Trinajstić information content (AvgIpc) is 3.51. The van der Waals surface area contributed by atoms with Crippen molar-refractivity contribution >= 4 is 61.1 Å². The maximum atomic E-state index is 13.7. The third kappa shape index (κ3) is 4.06. The Hall–Kier alpha value is -3.12. The van der Waals surface area contributed by atoms with E-state index in [-0.39, 0.29) is 32.6 Å². The van der Waals surface area contributed by atoms with Crippen LogP contribution in [0.25, 0.3) is 0 Å². The second-order valence-corrected chi connectivity index (χ2v) is 11.4. The molecule has 0 spiro atoms. The van der Waals surface area contributed by atoms with Gasteiger partial charge in [-0.1, -0.05) is 44.0 Å². The normalized spacial score (nSPS) is 27.8. The molecule has 3 fully saturated rings. The molecule has 37 heavy (non-hydrogen) atoms. The van der Waals surface area contributed by atoms with E-state index in [0.29, 0.717) is 12.2 Å². The number of nitro benzene ring substituents is 1. The van der Waals surface area contributed by atoms with Gasteiger partial charge >= 0.3 is 0 Å². The fourth-order valence-electron chi connectivity index (χ4n) is 5.76. The molecule has 1 aliphatic heterocycles. The molecular formula is C25H21Br2N3O7. The first-order valence-corrected chi connectivity index (χ1v) is 13.4. The van der Waals surface area contributed by atoms with Gasteiger partial charge in [-0.2, -0.15) is 5.01 Å². The summed E-state index contributed by atoms with van der Waals surface area (Å²) in [6, 6.07) is 11.4. The fourth-order valence-corrected chi connectivity index (χ4v) is 7.63. The number of ether oxygens (including phenoxy) is 1. The van der Waals surface area contributed by atoms with Crippen molar-refractivity contribution in [3.05, 3.63) is 69.8 Å². The van der Waals surface area contributed by atoms with Crippen molar-refractivity contribution in [1.29, 1.82) is 0 Å². The second-order valence-electron chi connectivity index (χ2n) is 9.28. The molecule has 0 radical (unpaired) electrons. The number of hydrogen-bond acceptors (Lipinski definition) is 7. The van der Waals surface area contributed by atoms with Crippen molar-refractivity contribution in [1.82, 2.24) is 10.0 Å². The highest BCUT2D eigenvalue weighted by Crippen LogP contribution is 2.60. The first-order valence-electron chi connectivity index (χ1n) is 11.5. The van der Waals surface area contributed by atoms with Crippen molar-refractivity contribution in [2.24, 2.45) is 23.7 Å². The molecule has 10 nitrogen and oxygen atoms in total. The van der Waals surface area contributed by atoms with E-state index in [4.69, 9.17) is 4.74 Å². The molecule has 2 bridgehead atoms. The van der Waals surface area contributed by atoms with Gasteiger partial charge in [-0.05, 0) is 48.6 Å². The summed E-state index contributed by atoms with van der Waals surface area (Å²) in [4.78, 5) is 65.1. The minimum Gasteiger partial charge on any atom is -0.497 e. The van der Waals surface area contributed by atoms with Crippen molar-refractivity contribution in [2.45, 2.75) is 16.1 Å². The predicted molar refractivity (Wildman–Crippen MR) is 137 cm³/mol. The monoisotopic (exact) mass is 633 g/mol. The van der Waals surface area contributed by atoms with Crippen molar-refractivity contribution in [3.63, 3.8) is 0 Å². The van der Waals surface area contributed by atoms with Crippen LogP contribution < -0.4 is 4.74 Å². The van der Waals surface area contributed by atoms with E-state index < -0.39 is 52.5 Å². The van der Waals surface area contributed by atoms with Crippen molar-refractivity contribution in [2.75, 3.05) is 13.7 Å². The zero-order chi connectivity index (χ0) is 26.6. The Labute approximate surface area is 228 Å². The molecule has 0 aromatic heterocycles. The van der Waals surface area contributed by atoms with Gasteiger partial charge in [0.05, 0.1) is 23.9 Å². The molecule has 1 saturated heterocycles. The van der Waals surface area contributed by atoms with Crippen LogP contribution in [-0.4, -0.2) is 61.8 Å². The number of halogens is 2. The van der Waals surface area contributed by atoms with Crippen LogP contribution >= 0.6 is 31.9 Å². The molecule has 2 saturated carbocycles. The van der Waals surface area contributed by atoms with Crippen LogP contribution in [0.1, 0.15) is 27.1 Å². The Morgan fingerprint density at radius 2 is 1.59 bits per heavy atom. The van der Waals surface area contributed by atoms with Crippen LogP contribution in [0, 0.1) is 33.8 Å². The van der Waals surface area contributed by atoms with Crippen molar-refractivity contribution < 1.29 is 28.8 Å². The number of hydrazine groups is 1. The third-order valence-electron chi connectivity index (χ3n) is 7.48. The van der Waals surface area contributed by atoms with Gasteiger partial charge in [0.15, 0.2) is 5.78 Å². The number of fused-ring (bicyclic) bond motifs is 5. The summed E-state index contributed by atoms with van der Waals surface area (Å²) >= 11 is 7.25. The summed E-state index contributed by atoms with van der Waals surface area (Å²) < 4.78 is 5.11. The van der Waals surface area contributed by atoms with Crippen LogP contribution in [0.15, 0.2) is 48.5 Å². The molecule has 2 aromatic carbocycles. The minimum atomic E-state index is -0.978. The number of Topliss-reactive ketones (excluding diaryl/α,β-unsaturated/α-hetero) is 1. The Balaban J connectivity index is 1.53. The fraction of sp³-hybridized carbons (Fsp3) is 0.360. The maximum absolute atomic E-state index is 13.7. The summed E-state index contributed by atoms with van der Waals surface area (Å²) in [5, 5.41) is 13.1. The molecule has 1 heterocycles. The van der Waals surface area contributed by atoms with Crippen LogP contribution in [0.2, 0.25) is 0 Å². The molecule has 0 unspecified atom stereocenters. The summed E-state index contributed by atoms with van der Waals surface area (Å²) in [5.74, 6) is -3.63. The molecule has 12 heteroatoms. The second kappa shape index (κ2) is 9.64. The molecule has 192 valence electrons. The largest absolute Gasteiger partial charge is 0.497 e. The van der Waals surface area contributed by atoms with E-state index in [9.17, 15) is 29.3 Å². The van der Waals surface area contributed by atoms with Gasteiger partial charge in [-0.3, -0.25) is 29.3 Å². The lowest BCUT2D eigenvalue weighted by atomic mass is 9.81. The van der Waals surface area contributed by atoms with Gasteiger partial charge in [0, 0.05) is 21.3 Å². The Kier molecular flexibility index (Phi) is 6.65. The third-order valence-corrected chi connectivity index (χ3v) is 10.7. The van der Waals surface area contributed by atoms with Crippen LogP contribution in [0.5, 0.6) is 5.75 Å². The quantitative estimate of drug-likeness (QED) is 0.150. The number of hydrogen-bond donors (Lipinski definition) is 0. The number of amides is 3. The number of imide groups is 1. The van der Waals surface area contributed by atoms with Gasteiger partial charge in [-0.15, -0.1) is 0 Å². The van der Waals surface area contributed by atoms with E-state index >= 15 is 0 Å². The zero-order valence-electron chi connectivity index (χ0n) is 19.5. The van der Waals surface area contributed by atoms with E-state index in [1.165, 1.54) is 37.4 Å². The van der Waals surface area contributed by atoms with E-state index in [2.05, 4.69) is 31.9 Å². The summed E-state index contributed by atoms with van der Waals surface area (Å²) in [5.41, 5.74) is -0.594. The number of carbonyl (C=O) groups excluding carboxylic acids is 4. The number of carbonyl (C=O) groups is 4. The topological polar surface area (TPSA) is 127 Å². The Morgan fingerprint density at radius 3 is 2.14 bits per heavy atom. The molecule has 2 aliphatic carbocycles. The summed E-state index contributed by atoms with van der Waals surface area (Å²) in [6.07, 6.45) is 0.690. The number of methoxy groups -OCH3 is 1. The van der Waals surface area contributed by atoms with Crippen LogP contribution in [0.4, 0.5) is 5.69 Å². The van der Waals surface area contributed by atoms with Gasteiger partial charge in [0.2, 0.25) is 0 Å². The first-order chi connectivity index (χ1) is 17.6. The number of alkyl halides is 2. The number of nitro groups is 1. The van der Waals surface area contributed by atoms with E-state index in [1.807, 2.05) is 0 Å². The molecule has 2 aromatic rings. The number of ketones is 1. The molecule has 3 aliphatic rings. The smallest absolute Gasteiger partial charge is 0.282 e. The predicted octanol–water partition coefficient (Wildman–Crippen LogP) is 3.62. The molecule has 3 amide bonds. The van der Waals surface area contributed by atoms with E-state index in [1.54, 1.807) is 12.1 Å². The van der Waals surface area contributed by atoms with Crippen molar-refractivity contribution in [3.8, 4) is 5.75 Å². The highest BCUT2D eigenvalue weighted by Gasteiger charge is 2.67. The maximum Gasteiger partial charge on any atom is 0.282 e. The van der Waals surface area contributed by atoms with Gasteiger partial charge in [0.1, 0.15) is 17.9 Å². The van der Waals surface area contributed by atoms with Gasteiger partial charge in [-0.25, -0.2) is 5.01 Å². The highest BCUT2D eigenvalue weighted by atomic mass is 79.9. The molecule has 0 N–H and O–H groups in total. The average molecular weight is 635 g/mol. The Morgan fingerprint density at radius 1 is 1.03 bits per heavy atom. The first kappa shape index (κ1) is 25.5. The number of benzene rings is 2. The van der Waals surface area contributed by atoms with Gasteiger partial charge in [0.25, 0.3) is 23.4 Å². The molecule has 6 atom stereocenters. The van der Waals surface area contributed by atoms with Crippen LogP contribution in [-0.2, 0) is 9.59 Å². The zero-order valence-corrected chi connectivity index (χ0v) is 22.6. The molecule has 5 rings (SSSR count). The minimum absolute atomic E-state index is 0.0178. The SMILES string of the molecule is COc1ccc(C(=O)CN(C(=O)c2ccccc2[N+](=O)[O-])N2C(=O)[C@@H]3[C@H]4C[C@@H]([C@@H](Br)[C@H]4Br)[C@H]3C2=O)cc1. The summed E-state index contributed by atoms with van der Waals surface area (Å²) in [7, 11) is 1.48. The van der Waals surface area contributed by atoms with E-state index in [0.717, 1.165) is 16.1 Å². The lowest BCUT2D eigenvalue weighted by Crippen LogP contribution is -2.52. The highest BCUT2D eigenvalue weighted by molar-refractivity contribution is 9.12. The lowest BCUT2D eigenvalue weighted by molar-refractivity contribution is -0.385. The number of para-hydroxylation sites is 1. The van der Waals surface area contributed by atoms with Gasteiger partial charge < -0.3 is 4.74 Å². The number of rotatable bonds is 7. The summed E-state index contributed by atoms with van der Waals surface area (Å²) in [6.45, 7) is -0.654. The Bertz CT molecular complexity index is 1290. The number of nitrogens with zero attached hydrogens (tertiary/aromatic N) is 3. The molecular weight excluding hydrogens is 614 g/mol. The lowest BCUT2D eigenvalue weighted by Gasteiger charge is -2.30. The standard InChI is InChI=1S/C25H21Br2N3O7/c1-37-13-8-6-12(7-9-13)18(31)11-28(23(32)14-4-2-3-5-17(14)30(35)36)29-24(33)19-15-10-16(20(19)25(29)34)22(27)21(15)26/h2-9,15-16,19-22H,10-11H2,1H3/t15-,16-,19-,20-,21-,22+/m1/s1. The van der Waals surface area contributed by atoms with Crippen LogP contribution in [0.3, 0.4) is 0 Å².